The van der Waals surface area contributed by atoms with Crippen LogP contribution in [0.4, 0.5) is 0 Å². The quantitative estimate of drug-likeness (QED) is 0.900. The lowest BCUT2D eigenvalue weighted by molar-refractivity contribution is -0.147. The van der Waals surface area contributed by atoms with Crippen LogP contribution in [0, 0.1) is 5.41 Å². The summed E-state index contributed by atoms with van der Waals surface area (Å²) in [6.45, 7) is 4.03. The molecule has 0 aliphatic carbocycles. The summed E-state index contributed by atoms with van der Waals surface area (Å²) in [4.78, 5) is 25.1. The predicted molar refractivity (Wildman–Crippen MR) is 81.2 cm³/mol. The van der Waals surface area contributed by atoms with E-state index in [0.717, 1.165) is 4.47 Å². The molecule has 5 nitrogen and oxygen atoms in total. The Hall–Kier alpha value is -1.56. The van der Waals surface area contributed by atoms with E-state index in [1.165, 1.54) is 0 Å². The Kier molecular flexibility index (Phi) is 4.56. The summed E-state index contributed by atoms with van der Waals surface area (Å²) >= 11 is 3.35. The van der Waals surface area contributed by atoms with Crippen molar-refractivity contribution in [3.05, 3.63) is 28.7 Å². The third-order valence-electron chi connectivity index (χ3n) is 3.76. The Morgan fingerprint density at radius 3 is 2.76 bits per heavy atom. The molecule has 21 heavy (non-hydrogen) atoms. The van der Waals surface area contributed by atoms with Gasteiger partial charge in [-0.15, -0.1) is 0 Å². The molecule has 1 saturated heterocycles. The van der Waals surface area contributed by atoms with E-state index in [9.17, 15) is 14.7 Å². The highest BCUT2D eigenvalue weighted by molar-refractivity contribution is 9.10. The minimum atomic E-state index is -0.863. The summed E-state index contributed by atoms with van der Waals surface area (Å²) in [5.41, 5.74) is -0.856. The first-order chi connectivity index (χ1) is 9.82. The lowest BCUT2D eigenvalue weighted by Crippen LogP contribution is -2.41. The van der Waals surface area contributed by atoms with Crippen molar-refractivity contribution in [3.63, 3.8) is 0 Å². The van der Waals surface area contributed by atoms with Crippen LogP contribution in [0.5, 0.6) is 5.75 Å². The second-order valence-electron chi connectivity index (χ2n) is 5.59. The average Bonchev–Trinajstić information content (AvgIpc) is 2.82. The number of aliphatic carboxylic acids is 1. The molecule has 1 aliphatic heterocycles. The molecule has 2 rings (SSSR count). The number of hydrogen-bond acceptors (Lipinski definition) is 3. The van der Waals surface area contributed by atoms with Gasteiger partial charge in [-0.1, -0.05) is 22.0 Å². The number of carbonyl (C=O) groups excluding carboxylic acids is 1. The number of amides is 1. The molecule has 1 aromatic carbocycles. The molecule has 1 heterocycles. The van der Waals surface area contributed by atoms with Crippen molar-refractivity contribution in [2.45, 2.75) is 26.4 Å². The van der Waals surface area contributed by atoms with Crippen molar-refractivity contribution in [1.29, 1.82) is 0 Å². The first-order valence-corrected chi connectivity index (χ1v) is 7.55. The second-order valence-corrected chi connectivity index (χ2v) is 6.51. The normalized spacial score (nSPS) is 22.9. The van der Waals surface area contributed by atoms with Gasteiger partial charge in [-0.05, 0) is 38.5 Å². The van der Waals surface area contributed by atoms with Gasteiger partial charge in [-0.25, -0.2) is 0 Å². The number of ether oxygens (including phenoxy) is 1. The largest absolute Gasteiger partial charge is 0.481 e. The van der Waals surface area contributed by atoms with Crippen molar-refractivity contribution in [2.75, 3.05) is 13.1 Å². The molecule has 1 aromatic rings. The van der Waals surface area contributed by atoms with Gasteiger partial charge in [-0.2, -0.15) is 0 Å². The third-order valence-corrected chi connectivity index (χ3v) is 4.25. The summed E-state index contributed by atoms with van der Waals surface area (Å²) in [7, 11) is 0. The van der Waals surface area contributed by atoms with E-state index in [4.69, 9.17) is 4.74 Å². The zero-order valence-corrected chi connectivity index (χ0v) is 13.6. The fraction of sp³-hybridized carbons (Fsp3) is 0.467. The standard InChI is InChI=1S/C15H18BrNO4/c1-10(21-12-5-3-4-11(16)8-12)13(18)17-7-6-15(2,9-17)14(19)20/h3-5,8,10H,6-7,9H2,1-2H3,(H,19,20)/t10-,15-/m0/s1. The van der Waals surface area contributed by atoms with E-state index >= 15 is 0 Å². The van der Waals surface area contributed by atoms with Crippen molar-refractivity contribution < 1.29 is 19.4 Å². The van der Waals surface area contributed by atoms with Crippen LogP contribution < -0.4 is 4.74 Å². The fourth-order valence-corrected chi connectivity index (χ4v) is 2.75. The van der Waals surface area contributed by atoms with Crippen LogP contribution >= 0.6 is 15.9 Å². The number of halogens is 1. The summed E-state index contributed by atoms with van der Waals surface area (Å²) in [6, 6.07) is 7.26. The third kappa shape index (κ3) is 3.56. The number of carboxylic acid groups (broad SMARTS) is 1. The summed E-state index contributed by atoms with van der Waals surface area (Å²) in [5, 5.41) is 9.20. The fourth-order valence-electron chi connectivity index (χ4n) is 2.38. The lowest BCUT2D eigenvalue weighted by Gasteiger charge is -2.23. The number of rotatable bonds is 4. The maximum Gasteiger partial charge on any atom is 0.311 e. The first kappa shape index (κ1) is 15.8. The molecular formula is C15H18BrNO4. The van der Waals surface area contributed by atoms with Crippen LogP contribution in [0.3, 0.4) is 0 Å². The highest BCUT2D eigenvalue weighted by Crippen LogP contribution is 2.30. The van der Waals surface area contributed by atoms with Crippen molar-refractivity contribution in [1.82, 2.24) is 4.90 Å². The van der Waals surface area contributed by atoms with Crippen LogP contribution in [0.2, 0.25) is 0 Å². The molecule has 1 aliphatic rings. The number of hydrogen-bond donors (Lipinski definition) is 1. The van der Waals surface area contributed by atoms with E-state index in [1.54, 1.807) is 30.9 Å². The Morgan fingerprint density at radius 1 is 1.48 bits per heavy atom. The number of nitrogens with zero attached hydrogens (tertiary/aromatic N) is 1. The molecule has 0 saturated carbocycles. The molecule has 2 atom stereocenters. The molecule has 1 amide bonds. The van der Waals surface area contributed by atoms with Gasteiger partial charge in [0.25, 0.3) is 5.91 Å². The van der Waals surface area contributed by atoms with Crippen molar-refractivity contribution in [3.8, 4) is 5.75 Å². The van der Waals surface area contributed by atoms with Gasteiger partial charge in [0.05, 0.1) is 5.41 Å². The Labute approximate surface area is 132 Å². The summed E-state index contributed by atoms with van der Waals surface area (Å²) in [6.07, 6.45) is -0.173. The highest BCUT2D eigenvalue weighted by Gasteiger charge is 2.43. The van der Waals surface area contributed by atoms with E-state index in [-0.39, 0.29) is 12.5 Å². The molecule has 0 radical (unpaired) electrons. The molecule has 1 N–H and O–H groups in total. The zero-order chi connectivity index (χ0) is 15.6. The topological polar surface area (TPSA) is 66.8 Å². The Bertz CT molecular complexity index is 562. The zero-order valence-electron chi connectivity index (χ0n) is 12.0. The highest BCUT2D eigenvalue weighted by atomic mass is 79.9. The molecule has 0 unspecified atom stereocenters. The number of likely N-dealkylation sites (tertiary alicyclic amines) is 1. The molecule has 114 valence electrons. The molecule has 1 fully saturated rings. The number of carboxylic acids is 1. The van der Waals surface area contributed by atoms with E-state index < -0.39 is 17.5 Å². The molecule has 0 bridgehead atoms. The Morgan fingerprint density at radius 2 is 2.19 bits per heavy atom. The van der Waals surface area contributed by atoms with Gasteiger partial charge in [0, 0.05) is 17.6 Å². The van der Waals surface area contributed by atoms with Gasteiger partial charge in [0.1, 0.15) is 5.75 Å². The van der Waals surface area contributed by atoms with Crippen molar-refractivity contribution in [2.24, 2.45) is 5.41 Å². The number of carbonyl (C=O) groups is 2. The monoisotopic (exact) mass is 355 g/mol. The van der Waals surface area contributed by atoms with Crippen LogP contribution in [0.25, 0.3) is 0 Å². The van der Waals surface area contributed by atoms with Crippen LogP contribution in [-0.2, 0) is 9.59 Å². The van der Waals surface area contributed by atoms with Gasteiger partial charge in [-0.3, -0.25) is 9.59 Å². The van der Waals surface area contributed by atoms with Gasteiger partial charge < -0.3 is 14.7 Å². The SMILES string of the molecule is C[C@H](Oc1cccc(Br)c1)C(=O)N1CC[C@](C)(C(=O)O)C1. The first-order valence-electron chi connectivity index (χ1n) is 6.76. The van der Waals surface area contributed by atoms with E-state index in [1.807, 2.05) is 12.1 Å². The number of benzene rings is 1. The molecule has 0 aromatic heterocycles. The predicted octanol–water partition coefficient (Wildman–Crippen LogP) is 2.54. The minimum Gasteiger partial charge on any atom is -0.481 e. The second kappa shape index (κ2) is 6.05. The average molecular weight is 356 g/mol. The minimum absolute atomic E-state index is 0.181. The van der Waals surface area contributed by atoms with Crippen LogP contribution in [-0.4, -0.2) is 41.1 Å². The van der Waals surface area contributed by atoms with E-state index in [0.29, 0.717) is 18.7 Å². The Balaban J connectivity index is 1.99. The molecular weight excluding hydrogens is 338 g/mol. The van der Waals surface area contributed by atoms with Gasteiger partial charge in [0.2, 0.25) is 0 Å². The van der Waals surface area contributed by atoms with E-state index in [2.05, 4.69) is 15.9 Å². The maximum absolute atomic E-state index is 12.3. The van der Waals surface area contributed by atoms with Crippen LogP contribution in [0.1, 0.15) is 20.3 Å². The smallest absolute Gasteiger partial charge is 0.311 e. The lowest BCUT2D eigenvalue weighted by atomic mass is 9.90. The summed E-state index contributed by atoms with van der Waals surface area (Å²) in [5.74, 6) is -0.441. The van der Waals surface area contributed by atoms with Crippen molar-refractivity contribution >= 4 is 27.8 Å². The molecule has 0 spiro atoms. The molecule has 6 heteroatoms. The maximum atomic E-state index is 12.3. The van der Waals surface area contributed by atoms with Gasteiger partial charge >= 0.3 is 5.97 Å². The van der Waals surface area contributed by atoms with Gasteiger partial charge in [0.15, 0.2) is 6.10 Å². The summed E-state index contributed by atoms with van der Waals surface area (Å²) < 4.78 is 6.50. The van der Waals surface area contributed by atoms with Crippen LogP contribution in [0.15, 0.2) is 28.7 Å².